The van der Waals surface area contributed by atoms with Gasteiger partial charge >= 0.3 is 0 Å². The molecule has 0 aliphatic rings. The molecular weight excluding hydrogens is 302 g/mol. The molecule has 1 amide bonds. The number of nitrogens with one attached hydrogen (secondary N) is 1. The van der Waals surface area contributed by atoms with Crippen molar-refractivity contribution in [2.24, 2.45) is 0 Å². The highest BCUT2D eigenvalue weighted by molar-refractivity contribution is 6.30. The number of aryl methyl sites for hydroxylation is 1. The van der Waals surface area contributed by atoms with E-state index in [0.717, 1.165) is 11.1 Å². The molecule has 0 saturated heterocycles. The number of halogens is 1. The molecule has 6 heteroatoms. The van der Waals surface area contributed by atoms with Crippen LogP contribution < -0.4 is 5.32 Å². The first-order valence-electron chi connectivity index (χ1n) is 6.58. The summed E-state index contributed by atoms with van der Waals surface area (Å²) in [5.41, 5.74) is 2.20. The number of hydrogen-bond acceptors (Lipinski definition) is 4. The van der Waals surface area contributed by atoms with Crippen molar-refractivity contribution in [2.75, 3.05) is 5.32 Å². The number of anilines is 1. The van der Waals surface area contributed by atoms with Crippen molar-refractivity contribution in [1.29, 1.82) is 0 Å². The average Bonchev–Trinajstić information content (AvgIpc) is 3.00. The summed E-state index contributed by atoms with van der Waals surface area (Å²) in [6, 6.07) is 12.6. The molecule has 0 aliphatic carbocycles. The average molecular weight is 314 g/mol. The molecule has 0 saturated carbocycles. The van der Waals surface area contributed by atoms with Gasteiger partial charge in [0.25, 0.3) is 5.91 Å². The smallest absolute Gasteiger partial charge is 0.279 e. The lowest BCUT2D eigenvalue weighted by Gasteiger charge is -2.00. The molecule has 0 spiro atoms. The minimum absolute atomic E-state index is 0.187. The second-order valence-electron chi connectivity index (χ2n) is 4.76. The van der Waals surface area contributed by atoms with Crippen LogP contribution >= 0.6 is 11.6 Å². The van der Waals surface area contributed by atoms with E-state index in [-0.39, 0.29) is 5.69 Å². The quantitative estimate of drug-likeness (QED) is 0.795. The molecule has 3 rings (SSSR count). The number of hydrogen-bond donors (Lipinski definition) is 1. The molecule has 0 atom stereocenters. The molecule has 2 heterocycles. The SMILES string of the molecule is Cc1ccc(-c2cc(C(=O)Nc3ccc(Cl)cn3)no2)cc1. The second kappa shape index (κ2) is 5.99. The molecule has 0 radical (unpaired) electrons. The summed E-state index contributed by atoms with van der Waals surface area (Å²) in [6.07, 6.45) is 1.46. The van der Waals surface area contributed by atoms with Crippen LogP contribution in [-0.2, 0) is 0 Å². The summed E-state index contributed by atoms with van der Waals surface area (Å²) >= 11 is 5.74. The monoisotopic (exact) mass is 313 g/mol. The molecule has 1 N–H and O–H groups in total. The number of pyridine rings is 1. The summed E-state index contributed by atoms with van der Waals surface area (Å²) in [4.78, 5) is 16.1. The fraction of sp³-hybridized carbons (Fsp3) is 0.0625. The zero-order valence-electron chi connectivity index (χ0n) is 11.7. The van der Waals surface area contributed by atoms with Crippen LogP contribution in [0.5, 0.6) is 0 Å². The predicted molar refractivity (Wildman–Crippen MR) is 83.9 cm³/mol. The Bertz CT molecular complexity index is 795. The standard InChI is InChI=1S/C16H12ClN3O2/c1-10-2-4-11(5-3-10)14-8-13(20-22-14)16(21)19-15-7-6-12(17)9-18-15/h2-9H,1H3,(H,18,19,21). The topological polar surface area (TPSA) is 68.0 Å². The van der Waals surface area contributed by atoms with Gasteiger partial charge in [0.1, 0.15) is 5.82 Å². The molecule has 0 aliphatic heterocycles. The number of rotatable bonds is 3. The number of aromatic nitrogens is 2. The third kappa shape index (κ3) is 3.15. The third-order valence-corrected chi connectivity index (χ3v) is 3.27. The van der Waals surface area contributed by atoms with Crippen molar-refractivity contribution in [3.8, 4) is 11.3 Å². The van der Waals surface area contributed by atoms with Crippen LogP contribution in [0.25, 0.3) is 11.3 Å². The van der Waals surface area contributed by atoms with Gasteiger partial charge in [0.2, 0.25) is 0 Å². The van der Waals surface area contributed by atoms with Crippen molar-refractivity contribution in [1.82, 2.24) is 10.1 Å². The Kier molecular flexibility index (Phi) is 3.89. The van der Waals surface area contributed by atoms with Crippen molar-refractivity contribution < 1.29 is 9.32 Å². The Labute approximate surface area is 131 Å². The second-order valence-corrected chi connectivity index (χ2v) is 5.19. The lowest BCUT2D eigenvalue weighted by molar-refractivity contribution is 0.101. The lowest BCUT2D eigenvalue weighted by atomic mass is 10.1. The largest absolute Gasteiger partial charge is 0.355 e. The number of nitrogens with zero attached hydrogens (tertiary/aromatic N) is 2. The summed E-state index contributed by atoms with van der Waals surface area (Å²) in [5.74, 6) is 0.542. The van der Waals surface area contributed by atoms with Crippen LogP contribution in [0.15, 0.2) is 53.2 Å². The Balaban J connectivity index is 1.76. The van der Waals surface area contributed by atoms with Gasteiger partial charge in [-0.2, -0.15) is 0 Å². The maximum Gasteiger partial charge on any atom is 0.279 e. The fourth-order valence-corrected chi connectivity index (χ4v) is 1.98. The van der Waals surface area contributed by atoms with Gasteiger partial charge in [0, 0.05) is 17.8 Å². The van der Waals surface area contributed by atoms with E-state index in [1.807, 2.05) is 31.2 Å². The maximum atomic E-state index is 12.1. The first-order chi connectivity index (χ1) is 10.6. The lowest BCUT2D eigenvalue weighted by Crippen LogP contribution is -2.13. The molecule has 5 nitrogen and oxygen atoms in total. The van der Waals surface area contributed by atoms with E-state index in [9.17, 15) is 4.79 Å². The first-order valence-corrected chi connectivity index (χ1v) is 6.96. The van der Waals surface area contributed by atoms with E-state index in [4.69, 9.17) is 16.1 Å². The van der Waals surface area contributed by atoms with Crippen molar-refractivity contribution in [2.45, 2.75) is 6.92 Å². The normalized spacial score (nSPS) is 10.5. The first kappa shape index (κ1) is 14.3. The van der Waals surface area contributed by atoms with Crippen LogP contribution in [0.1, 0.15) is 16.1 Å². The summed E-state index contributed by atoms with van der Waals surface area (Å²) < 4.78 is 5.22. The Morgan fingerprint density at radius 1 is 1.18 bits per heavy atom. The fourth-order valence-electron chi connectivity index (χ4n) is 1.87. The minimum Gasteiger partial charge on any atom is -0.355 e. The third-order valence-electron chi connectivity index (χ3n) is 3.05. The van der Waals surface area contributed by atoms with E-state index in [1.54, 1.807) is 18.2 Å². The number of benzene rings is 1. The number of carbonyl (C=O) groups is 1. The zero-order chi connectivity index (χ0) is 15.5. The number of carbonyl (C=O) groups excluding carboxylic acids is 1. The Morgan fingerprint density at radius 3 is 2.64 bits per heavy atom. The highest BCUT2D eigenvalue weighted by Crippen LogP contribution is 2.21. The maximum absolute atomic E-state index is 12.1. The number of amides is 1. The summed E-state index contributed by atoms with van der Waals surface area (Å²) in [5, 5.41) is 6.92. The van der Waals surface area contributed by atoms with E-state index in [1.165, 1.54) is 6.20 Å². The molecule has 22 heavy (non-hydrogen) atoms. The van der Waals surface area contributed by atoms with Gasteiger partial charge in [-0.1, -0.05) is 46.6 Å². The summed E-state index contributed by atoms with van der Waals surface area (Å²) in [6.45, 7) is 2.00. The summed E-state index contributed by atoms with van der Waals surface area (Å²) in [7, 11) is 0. The van der Waals surface area contributed by atoms with Gasteiger partial charge in [0.15, 0.2) is 11.5 Å². The van der Waals surface area contributed by atoms with Crippen LogP contribution in [0.3, 0.4) is 0 Å². The predicted octanol–water partition coefficient (Wildman–Crippen LogP) is 3.95. The van der Waals surface area contributed by atoms with Crippen LogP contribution in [-0.4, -0.2) is 16.0 Å². The molecule has 0 unspecified atom stereocenters. The minimum atomic E-state index is -0.392. The van der Waals surface area contributed by atoms with Gasteiger partial charge in [-0.05, 0) is 19.1 Å². The Hall–Kier alpha value is -2.66. The Morgan fingerprint density at radius 2 is 1.95 bits per heavy atom. The zero-order valence-corrected chi connectivity index (χ0v) is 12.5. The van der Waals surface area contributed by atoms with E-state index in [0.29, 0.717) is 16.6 Å². The van der Waals surface area contributed by atoms with Crippen molar-refractivity contribution in [3.63, 3.8) is 0 Å². The molecule has 0 fully saturated rings. The van der Waals surface area contributed by atoms with Crippen LogP contribution in [0.2, 0.25) is 5.02 Å². The molecule has 1 aromatic carbocycles. The molecule has 3 aromatic rings. The van der Waals surface area contributed by atoms with E-state index < -0.39 is 5.91 Å². The van der Waals surface area contributed by atoms with Gasteiger partial charge in [-0.15, -0.1) is 0 Å². The van der Waals surface area contributed by atoms with Crippen molar-refractivity contribution in [3.05, 3.63) is 64.9 Å². The molecule has 110 valence electrons. The van der Waals surface area contributed by atoms with Crippen LogP contribution in [0.4, 0.5) is 5.82 Å². The van der Waals surface area contributed by atoms with Gasteiger partial charge in [-0.25, -0.2) is 4.98 Å². The van der Waals surface area contributed by atoms with Gasteiger partial charge in [0.05, 0.1) is 5.02 Å². The van der Waals surface area contributed by atoms with E-state index in [2.05, 4.69) is 15.5 Å². The highest BCUT2D eigenvalue weighted by Gasteiger charge is 2.14. The molecule has 2 aromatic heterocycles. The van der Waals surface area contributed by atoms with Gasteiger partial charge < -0.3 is 9.84 Å². The highest BCUT2D eigenvalue weighted by atomic mass is 35.5. The van der Waals surface area contributed by atoms with E-state index >= 15 is 0 Å². The molecular formula is C16H12ClN3O2. The van der Waals surface area contributed by atoms with Crippen molar-refractivity contribution >= 4 is 23.3 Å². The van der Waals surface area contributed by atoms with Crippen LogP contribution in [0, 0.1) is 6.92 Å². The molecule has 0 bridgehead atoms. The van der Waals surface area contributed by atoms with Gasteiger partial charge in [-0.3, -0.25) is 4.79 Å².